The number of aliphatic hydroxyl groups is 3. The van der Waals surface area contributed by atoms with Gasteiger partial charge in [-0.25, -0.2) is 0 Å². The monoisotopic (exact) mass is 539 g/mol. The minimum Gasteiger partial charge on any atom is -0.393 e. The largest absolute Gasteiger partial charge is 0.393 e. The standard InChI is InChI=1S/C35H57NO3/c1-23(24-12-9-8-10-13-24)36-21-11-17-35(7,39)25-14-19-34(6)30(25)26(37)22-28-32(4)18-16-29(38)31(2,3)27(32)15-20-33(28,34)5/h8-10,12-13,23,25-30,36-39H,11,14-22H2,1-7H3/t23-,25-,26+,27-,28+,29-,30-,32-,33+,34+,35-/m0/s1. The summed E-state index contributed by atoms with van der Waals surface area (Å²) < 4.78 is 0. The van der Waals surface area contributed by atoms with Crippen molar-refractivity contribution < 1.29 is 15.3 Å². The Morgan fingerprint density at radius 2 is 1.59 bits per heavy atom. The third kappa shape index (κ3) is 4.55. The van der Waals surface area contributed by atoms with Crippen LogP contribution >= 0.6 is 0 Å². The molecule has 0 aromatic heterocycles. The maximum absolute atomic E-state index is 11.9. The maximum atomic E-state index is 11.9. The van der Waals surface area contributed by atoms with E-state index in [0.29, 0.717) is 17.9 Å². The van der Waals surface area contributed by atoms with Crippen molar-refractivity contribution in [2.24, 2.45) is 45.3 Å². The molecule has 1 aromatic rings. The zero-order chi connectivity index (χ0) is 28.4. The fourth-order valence-electron chi connectivity index (χ4n) is 11.3. The third-order valence-electron chi connectivity index (χ3n) is 13.8. The number of hydrogen-bond donors (Lipinski definition) is 4. The summed E-state index contributed by atoms with van der Waals surface area (Å²) in [4.78, 5) is 0. The lowest BCUT2D eigenvalue weighted by atomic mass is 9.35. The third-order valence-corrected chi connectivity index (χ3v) is 13.8. The number of hydrogen-bond acceptors (Lipinski definition) is 4. The predicted molar refractivity (Wildman–Crippen MR) is 159 cm³/mol. The Hall–Kier alpha value is -0.940. The second-order valence-electron chi connectivity index (χ2n) is 15.9. The van der Waals surface area contributed by atoms with E-state index in [9.17, 15) is 15.3 Å². The van der Waals surface area contributed by atoms with Crippen LogP contribution in [0.5, 0.6) is 0 Å². The van der Waals surface area contributed by atoms with Crippen LogP contribution in [0.15, 0.2) is 30.3 Å². The molecule has 0 spiro atoms. The van der Waals surface area contributed by atoms with Gasteiger partial charge in [0.2, 0.25) is 0 Å². The summed E-state index contributed by atoms with van der Waals surface area (Å²) in [6.45, 7) is 17.2. The average molecular weight is 540 g/mol. The molecular weight excluding hydrogens is 482 g/mol. The smallest absolute Gasteiger partial charge is 0.0652 e. The van der Waals surface area contributed by atoms with Crippen molar-refractivity contribution in [3.8, 4) is 0 Å². The summed E-state index contributed by atoms with van der Waals surface area (Å²) in [7, 11) is 0. The molecule has 4 saturated carbocycles. The Kier molecular flexibility index (Phi) is 7.66. The first-order valence-electron chi connectivity index (χ1n) is 16.1. The van der Waals surface area contributed by atoms with E-state index >= 15 is 0 Å². The number of nitrogens with one attached hydrogen (secondary N) is 1. The summed E-state index contributed by atoms with van der Waals surface area (Å²) in [5.41, 5.74) is 0.763. The second kappa shape index (κ2) is 10.1. The molecule has 11 atom stereocenters. The minimum atomic E-state index is -0.775. The molecule has 5 rings (SSSR count). The summed E-state index contributed by atoms with van der Waals surface area (Å²) in [5.74, 6) is 1.23. The van der Waals surface area contributed by atoms with Crippen LogP contribution in [0.1, 0.15) is 118 Å². The highest BCUT2D eigenvalue weighted by atomic mass is 16.3. The molecule has 0 unspecified atom stereocenters. The Balaban J connectivity index is 1.30. The van der Waals surface area contributed by atoms with Crippen LogP contribution < -0.4 is 5.32 Å². The van der Waals surface area contributed by atoms with Crippen molar-refractivity contribution in [1.29, 1.82) is 0 Å². The molecule has 4 nitrogen and oxygen atoms in total. The summed E-state index contributed by atoms with van der Waals surface area (Å²) >= 11 is 0. The zero-order valence-corrected chi connectivity index (χ0v) is 25.8. The lowest BCUT2D eigenvalue weighted by molar-refractivity contribution is -0.246. The molecule has 4 fully saturated rings. The maximum Gasteiger partial charge on any atom is 0.0652 e. The van der Waals surface area contributed by atoms with Gasteiger partial charge in [0.1, 0.15) is 0 Å². The van der Waals surface area contributed by atoms with Crippen molar-refractivity contribution in [3.63, 3.8) is 0 Å². The molecule has 4 heteroatoms. The Morgan fingerprint density at radius 1 is 0.923 bits per heavy atom. The van der Waals surface area contributed by atoms with Gasteiger partial charge in [-0.3, -0.25) is 0 Å². The molecule has 0 radical (unpaired) electrons. The Bertz CT molecular complexity index is 1010. The number of aliphatic hydroxyl groups excluding tert-OH is 2. The fraction of sp³-hybridized carbons (Fsp3) is 0.829. The normalized spacial score (nSPS) is 45.5. The van der Waals surface area contributed by atoms with Crippen LogP contribution in [-0.4, -0.2) is 39.7 Å². The van der Waals surface area contributed by atoms with Crippen LogP contribution in [0.25, 0.3) is 0 Å². The van der Waals surface area contributed by atoms with Gasteiger partial charge in [-0.2, -0.15) is 0 Å². The van der Waals surface area contributed by atoms with Crippen molar-refractivity contribution in [2.45, 2.75) is 130 Å². The lowest BCUT2D eigenvalue weighted by Gasteiger charge is -2.70. The molecular formula is C35H57NO3. The zero-order valence-electron chi connectivity index (χ0n) is 25.8. The summed E-state index contributed by atoms with van der Waals surface area (Å²) in [6.07, 6.45) is 8.31. The second-order valence-corrected chi connectivity index (χ2v) is 15.9. The molecule has 0 aliphatic heterocycles. The van der Waals surface area contributed by atoms with Gasteiger partial charge in [0, 0.05) is 6.04 Å². The molecule has 0 heterocycles. The van der Waals surface area contributed by atoms with Gasteiger partial charge in [0.25, 0.3) is 0 Å². The van der Waals surface area contributed by atoms with E-state index in [1.54, 1.807) is 0 Å². The number of rotatable bonds is 7. The van der Waals surface area contributed by atoms with Gasteiger partial charge < -0.3 is 20.6 Å². The molecule has 0 amide bonds. The molecule has 4 aliphatic carbocycles. The van der Waals surface area contributed by atoms with E-state index in [2.05, 4.69) is 84.1 Å². The van der Waals surface area contributed by atoms with E-state index in [0.717, 1.165) is 57.9 Å². The first-order chi connectivity index (χ1) is 18.2. The van der Waals surface area contributed by atoms with Gasteiger partial charge in [-0.1, -0.05) is 65.0 Å². The van der Waals surface area contributed by atoms with E-state index in [1.807, 2.05) is 0 Å². The highest BCUT2D eigenvalue weighted by molar-refractivity contribution is 5.20. The molecule has 0 saturated heterocycles. The highest BCUT2D eigenvalue weighted by Gasteiger charge is 2.71. The molecule has 220 valence electrons. The number of fused-ring (bicyclic) bond motifs is 5. The lowest BCUT2D eigenvalue weighted by Crippen LogP contribution is -2.66. The van der Waals surface area contributed by atoms with Crippen molar-refractivity contribution in [3.05, 3.63) is 35.9 Å². The molecule has 39 heavy (non-hydrogen) atoms. The SMILES string of the molecule is C[C@H](NCCC[C@](C)(O)[C@H]1CC[C@]2(C)[C@@H]1[C@H](O)C[C@@H]1[C@@]3(C)CC[C@H](O)C(C)(C)[C@@H]3CC[C@]12C)c1ccccc1. The van der Waals surface area contributed by atoms with Crippen molar-refractivity contribution in [2.75, 3.05) is 6.54 Å². The molecule has 4 N–H and O–H groups in total. The van der Waals surface area contributed by atoms with Gasteiger partial charge in [0.15, 0.2) is 0 Å². The predicted octanol–water partition coefficient (Wildman–Crippen LogP) is 6.89. The number of benzene rings is 1. The van der Waals surface area contributed by atoms with Crippen LogP contribution in [0, 0.1) is 45.3 Å². The van der Waals surface area contributed by atoms with E-state index in [1.165, 1.54) is 12.0 Å². The first-order valence-corrected chi connectivity index (χ1v) is 16.1. The van der Waals surface area contributed by atoms with E-state index in [-0.39, 0.29) is 45.7 Å². The molecule has 1 aromatic carbocycles. The summed E-state index contributed by atoms with van der Waals surface area (Å²) in [6, 6.07) is 10.8. The van der Waals surface area contributed by atoms with Crippen LogP contribution in [-0.2, 0) is 0 Å². The quantitative estimate of drug-likeness (QED) is 0.285. The van der Waals surface area contributed by atoms with Gasteiger partial charge in [-0.05, 0) is 129 Å². The topological polar surface area (TPSA) is 72.7 Å². The highest BCUT2D eigenvalue weighted by Crippen LogP contribution is 2.75. The Labute approximate surface area is 238 Å². The van der Waals surface area contributed by atoms with Gasteiger partial charge in [-0.15, -0.1) is 0 Å². The fourth-order valence-corrected chi connectivity index (χ4v) is 11.3. The minimum absolute atomic E-state index is 0.0260. The average Bonchev–Trinajstić information content (AvgIpc) is 3.27. The van der Waals surface area contributed by atoms with Crippen molar-refractivity contribution >= 4 is 0 Å². The Morgan fingerprint density at radius 3 is 2.28 bits per heavy atom. The van der Waals surface area contributed by atoms with E-state index in [4.69, 9.17) is 0 Å². The summed E-state index contributed by atoms with van der Waals surface area (Å²) in [5, 5.41) is 38.4. The van der Waals surface area contributed by atoms with Crippen molar-refractivity contribution in [1.82, 2.24) is 5.32 Å². The van der Waals surface area contributed by atoms with E-state index < -0.39 is 5.60 Å². The van der Waals surface area contributed by atoms with Crippen LogP contribution in [0.4, 0.5) is 0 Å². The molecule has 4 aliphatic rings. The molecule has 0 bridgehead atoms. The van der Waals surface area contributed by atoms with Crippen LogP contribution in [0.2, 0.25) is 0 Å². The first kappa shape index (κ1) is 29.5. The van der Waals surface area contributed by atoms with Crippen LogP contribution in [0.3, 0.4) is 0 Å². The van der Waals surface area contributed by atoms with Gasteiger partial charge >= 0.3 is 0 Å². The van der Waals surface area contributed by atoms with Gasteiger partial charge in [0.05, 0.1) is 17.8 Å².